The number of fused-ring (bicyclic) bond motifs is 1. The summed E-state index contributed by atoms with van der Waals surface area (Å²) in [5.74, 6) is 0.690. The van der Waals surface area contributed by atoms with Crippen LogP contribution in [0.25, 0.3) is 0 Å². The molecule has 1 aliphatic heterocycles. The number of thiophene rings is 1. The molecule has 0 saturated heterocycles. The van der Waals surface area contributed by atoms with E-state index in [1.807, 2.05) is 11.3 Å². The second-order valence-corrected chi connectivity index (χ2v) is 6.03. The van der Waals surface area contributed by atoms with E-state index in [1.54, 1.807) is 16.0 Å². The summed E-state index contributed by atoms with van der Waals surface area (Å²) in [6.07, 6.45) is 1.25. The number of rotatable bonds is 2. The first-order valence-corrected chi connectivity index (χ1v) is 6.80. The molecule has 0 fully saturated rings. The maximum Gasteiger partial charge on any atom is 0.0333 e. The summed E-state index contributed by atoms with van der Waals surface area (Å²) in [5, 5.41) is 2.37. The Morgan fingerprint density at radius 2 is 2.00 bits per heavy atom. The van der Waals surface area contributed by atoms with E-state index in [0.29, 0.717) is 12.0 Å². The summed E-state index contributed by atoms with van der Waals surface area (Å²) in [6, 6.07) is 0.683. The molecule has 1 nitrogen and oxygen atoms in total. The highest BCUT2D eigenvalue weighted by molar-refractivity contribution is 7.10. The molecule has 1 aromatic heterocycles. The van der Waals surface area contributed by atoms with Crippen LogP contribution in [0.1, 0.15) is 49.6 Å². The minimum atomic E-state index is 0.683. The van der Waals surface area contributed by atoms with E-state index in [2.05, 4.69) is 38.0 Å². The van der Waals surface area contributed by atoms with Gasteiger partial charge in [-0.1, -0.05) is 13.8 Å². The first-order chi connectivity index (χ1) is 7.09. The SMILES string of the molecule is CC(C)c1csc2c1CCN(C(C)C)C2. The van der Waals surface area contributed by atoms with Gasteiger partial charge in [0.15, 0.2) is 0 Å². The summed E-state index contributed by atoms with van der Waals surface area (Å²) < 4.78 is 0. The molecule has 0 saturated carbocycles. The predicted molar refractivity (Wildman–Crippen MR) is 67.7 cm³/mol. The average Bonchev–Trinajstić information content (AvgIpc) is 2.59. The molecular formula is C13H21NS. The maximum absolute atomic E-state index is 2.57. The molecule has 2 rings (SSSR count). The third-order valence-corrected chi connectivity index (χ3v) is 4.39. The summed E-state index contributed by atoms with van der Waals surface area (Å²) in [6.45, 7) is 11.6. The molecule has 1 aromatic rings. The maximum atomic E-state index is 2.57. The van der Waals surface area contributed by atoms with E-state index in [0.717, 1.165) is 0 Å². The number of nitrogens with zero attached hydrogens (tertiary/aromatic N) is 1. The Kier molecular flexibility index (Phi) is 3.17. The Morgan fingerprint density at radius 3 is 2.60 bits per heavy atom. The van der Waals surface area contributed by atoms with Crippen LogP contribution in [0.4, 0.5) is 0 Å². The van der Waals surface area contributed by atoms with Crippen LogP contribution in [0.2, 0.25) is 0 Å². The van der Waals surface area contributed by atoms with E-state index in [4.69, 9.17) is 0 Å². The molecule has 0 radical (unpaired) electrons. The summed E-state index contributed by atoms with van der Waals surface area (Å²) in [5.41, 5.74) is 3.25. The number of hydrogen-bond donors (Lipinski definition) is 0. The van der Waals surface area contributed by atoms with E-state index >= 15 is 0 Å². The second-order valence-electron chi connectivity index (χ2n) is 5.06. The van der Waals surface area contributed by atoms with Crippen LogP contribution in [0.15, 0.2) is 5.38 Å². The molecule has 2 heterocycles. The fourth-order valence-electron chi connectivity index (χ4n) is 2.30. The first-order valence-electron chi connectivity index (χ1n) is 5.92. The molecule has 0 bridgehead atoms. The van der Waals surface area contributed by atoms with Gasteiger partial charge >= 0.3 is 0 Å². The van der Waals surface area contributed by atoms with E-state index in [-0.39, 0.29) is 0 Å². The second kappa shape index (κ2) is 4.26. The molecule has 84 valence electrons. The normalized spacial score (nSPS) is 17.5. The van der Waals surface area contributed by atoms with Crippen LogP contribution in [0.3, 0.4) is 0 Å². The quantitative estimate of drug-likeness (QED) is 0.740. The lowest BCUT2D eigenvalue weighted by atomic mass is 9.96. The van der Waals surface area contributed by atoms with Crippen LogP contribution in [0, 0.1) is 0 Å². The van der Waals surface area contributed by atoms with Gasteiger partial charge in [-0.2, -0.15) is 0 Å². The number of hydrogen-bond acceptors (Lipinski definition) is 2. The third-order valence-electron chi connectivity index (χ3n) is 3.36. The smallest absolute Gasteiger partial charge is 0.0333 e. The Morgan fingerprint density at radius 1 is 1.27 bits per heavy atom. The monoisotopic (exact) mass is 223 g/mol. The fraction of sp³-hybridized carbons (Fsp3) is 0.692. The molecule has 0 atom stereocenters. The highest BCUT2D eigenvalue weighted by Gasteiger charge is 2.22. The van der Waals surface area contributed by atoms with Crippen LogP contribution >= 0.6 is 11.3 Å². The van der Waals surface area contributed by atoms with Crippen LogP contribution in [-0.2, 0) is 13.0 Å². The minimum Gasteiger partial charge on any atom is -0.296 e. The lowest BCUT2D eigenvalue weighted by Gasteiger charge is -2.30. The lowest BCUT2D eigenvalue weighted by Crippen LogP contribution is -2.35. The summed E-state index contributed by atoms with van der Waals surface area (Å²) in [7, 11) is 0. The first kappa shape index (κ1) is 11.2. The van der Waals surface area contributed by atoms with Gasteiger partial charge in [0.2, 0.25) is 0 Å². The van der Waals surface area contributed by atoms with Crippen LogP contribution in [-0.4, -0.2) is 17.5 Å². The molecular weight excluding hydrogens is 202 g/mol. The molecule has 0 unspecified atom stereocenters. The Labute approximate surface area is 97.1 Å². The van der Waals surface area contributed by atoms with E-state index < -0.39 is 0 Å². The van der Waals surface area contributed by atoms with E-state index in [9.17, 15) is 0 Å². The lowest BCUT2D eigenvalue weighted by molar-refractivity contribution is 0.206. The zero-order valence-electron chi connectivity index (χ0n) is 10.2. The summed E-state index contributed by atoms with van der Waals surface area (Å²) >= 11 is 1.96. The molecule has 0 spiro atoms. The molecule has 2 heteroatoms. The van der Waals surface area contributed by atoms with Gasteiger partial charge in [-0.3, -0.25) is 4.90 Å². The molecule has 1 aliphatic rings. The third kappa shape index (κ3) is 2.11. The van der Waals surface area contributed by atoms with Gasteiger partial charge in [0, 0.05) is 24.0 Å². The van der Waals surface area contributed by atoms with Crippen molar-refractivity contribution in [3.63, 3.8) is 0 Å². The fourth-order valence-corrected chi connectivity index (χ4v) is 3.58. The van der Waals surface area contributed by atoms with Crippen molar-refractivity contribution in [1.82, 2.24) is 4.90 Å². The minimum absolute atomic E-state index is 0.683. The van der Waals surface area contributed by atoms with Crippen molar-refractivity contribution in [3.8, 4) is 0 Å². The van der Waals surface area contributed by atoms with Crippen molar-refractivity contribution in [2.24, 2.45) is 0 Å². The standard InChI is InChI=1S/C13H21NS/c1-9(2)12-8-15-13-7-14(10(3)4)6-5-11(12)13/h8-10H,5-7H2,1-4H3. The topological polar surface area (TPSA) is 3.24 Å². The predicted octanol–water partition coefficient (Wildman–Crippen LogP) is 3.64. The Hall–Kier alpha value is -0.340. The van der Waals surface area contributed by atoms with Gasteiger partial charge in [0.05, 0.1) is 0 Å². The van der Waals surface area contributed by atoms with Gasteiger partial charge in [0.1, 0.15) is 0 Å². The molecule has 0 amide bonds. The zero-order valence-corrected chi connectivity index (χ0v) is 11.0. The summed E-state index contributed by atoms with van der Waals surface area (Å²) in [4.78, 5) is 4.18. The van der Waals surface area contributed by atoms with Crippen molar-refractivity contribution >= 4 is 11.3 Å². The van der Waals surface area contributed by atoms with Crippen molar-refractivity contribution in [1.29, 1.82) is 0 Å². The van der Waals surface area contributed by atoms with Gasteiger partial charge in [-0.15, -0.1) is 11.3 Å². The van der Waals surface area contributed by atoms with Crippen LogP contribution < -0.4 is 0 Å². The van der Waals surface area contributed by atoms with Crippen molar-refractivity contribution in [2.45, 2.75) is 52.6 Å². The largest absolute Gasteiger partial charge is 0.296 e. The zero-order chi connectivity index (χ0) is 11.0. The van der Waals surface area contributed by atoms with E-state index in [1.165, 1.54) is 19.5 Å². The van der Waals surface area contributed by atoms with Crippen molar-refractivity contribution in [3.05, 3.63) is 21.4 Å². The van der Waals surface area contributed by atoms with Crippen LogP contribution in [0.5, 0.6) is 0 Å². The highest BCUT2D eigenvalue weighted by Crippen LogP contribution is 2.33. The Bertz CT molecular complexity index is 338. The van der Waals surface area contributed by atoms with Crippen molar-refractivity contribution < 1.29 is 0 Å². The van der Waals surface area contributed by atoms with Gasteiger partial charge in [0.25, 0.3) is 0 Å². The van der Waals surface area contributed by atoms with Gasteiger partial charge in [-0.25, -0.2) is 0 Å². The Balaban J connectivity index is 2.22. The van der Waals surface area contributed by atoms with Gasteiger partial charge < -0.3 is 0 Å². The average molecular weight is 223 g/mol. The molecule has 0 N–H and O–H groups in total. The molecule has 0 aliphatic carbocycles. The molecule has 0 aromatic carbocycles. The molecule has 15 heavy (non-hydrogen) atoms. The van der Waals surface area contributed by atoms with Crippen molar-refractivity contribution in [2.75, 3.05) is 6.54 Å². The van der Waals surface area contributed by atoms with Gasteiger partial charge in [-0.05, 0) is 42.7 Å². The highest BCUT2D eigenvalue weighted by atomic mass is 32.1.